The van der Waals surface area contributed by atoms with Crippen molar-refractivity contribution < 1.29 is 24.3 Å². The fourth-order valence-corrected chi connectivity index (χ4v) is 1.73. The predicted molar refractivity (Wildman–Crippen MR) is 63.0 cm³/mol. The van der Waals surface area contributed by atoms with Gasteiger partial charge < -0.3 is 15.2 Å². The second-order valence-electron chi connectivity index (χ2n) is 3.87. The van der Waals surface area contributed by atoms with Gasteiger partial charge in [0.05, 0.1) is 0 Å². The average molecular weight is 264 g/mol. The minimum atomic E-state index is -0.675. The van der Waals surface area contributed by atoms with E-state index in [1.165, 1.54) is 24.5 Å². The van der Waals surface area contributed by atoms with Crippen LogP contribution in [0.5, 0.6) is 0 Å². The molecule has 0 bridgehead atoms. The lowest BCUT2D eigenvalue weighted by Crippen LogP contribution is -2.21. The van der Waals surface area contributed by atoms with Crippen molar-refractivity contribution in [2.75, 3.05) is 6.79 Å². The van der Waals surface area contributed by atoms with Gasteiger partial charge in [-0.05, 0) is 23.8 Å². The monoisotopic (exact) mass is 264 g/mol. The van der Waals surface area contributed by atoms with E-state index in [1.54, 1.807) is 5.48 Å². The van der Waals surface area contributed by atoms with E-state index in [-0.39, 0.29) is 24.3 Å². The average Bonchev–Trinajstić information content (AvgIpc) is 2.90. The number of ether oxygens (including phenoxy) is 2. The summed E-state index contributed by atoms with van der Waals surface area (Å²) < 4.78 is 10.1. The molecule has 1 aromatic carbocycles. The molecule has 0 saturated heterocycles. The number of allylic oxidation sites excluding steroid dienone is 1. The van der Waals surface area contributed by atoms with E-state index in [0.717, 1.165) is 0 Å². The van der Waals surface area contributed by atoms with Crippen molar-refractivity contribution in [2.45, 2.75) is 6.42 Å². The van der Waals surface area contributed by atoms with E-state index in [4.69, 9.17) is 20.4 Å². The number of carbonyl (C=O) groups is 2. The summed E-state index contributed by atoms with van der Waals surface area (Å²) in [4.78, 5) is 22.7. The van der Waals surface area contributed by atoms with Gasteiger partial charge in [-0.25, -0.2) is 5.48 Å². The van der Waals surface area contributed by atoms with Crippen LogP contribution in [0.3, 0.4) is 0 Å². The number of primary amides is 1. The fourth-order valence-electron chi connectivity index (χ4n) is 1.73. The first-order chi connectivity index (χ1) is 9.11. The number of hydrogen-bond donors (Lipinski definition) is 3. The first kappa shape index (κ1) is 12.9. The van der Waals surface area contributed by atoms with Crippen molar-refractivity contribution in [3.63, 3.8) is 0 Å². The van der Waals surface area contributed by atoms with Crippen LogP contribution in [-0.4, -0.2) is 23.8 Å². The van der Waals surface area contributed by atoms with Crippen LogP contribution in [0.4, 0.5) is 0 Å². The summed E-state index contributed by atoms with van der Waals surface area (Å²) in [5.74, 6) is -0.756. The van der Waals surface area contributed by atoms with E-state index in [9.17, 15) is 9.59 Å². The van der Waals surface area contributed by atoms with Crippen LogP contribution in [-0.2, 0) is 15.9 Å². The molecule has 0 atom stereocenters. The van der Waals surface area contributed by atoms with Gasteiger partial charge in [0.2, 0.25) is 12.7 Å². The first-order valence-corrected chi connectivity index (χ1v) is 5.42. The van der Waals surface area contributed by atoms with E-state index < -0.39 is 11.8 Å². The van der Waals surface area contributed by atoms with Crippen LogP contribution >= 0.6 is 0 Å². The summed E-state index contributed by atoms with van der Waals surface area (Å²) in [5, 5.41) is 8.69. The molecule has 1 heterocycles. The topological polar surface area (TPSA) is 111 Å². The highest BCUT2D eigenvalue weighted by Crippen LogP contribution is 2.19. The largest absolute Gasteiger partial charge is 0.462 e. The second-order valence-corrected chi connectivity index (χ2v) is 3.87. The Hall–Kier alpha value is -2.54. The Bertz CT molecular complexity index is 553. The summed E-state index contributed by atoms with van der Waals surface area (Å²) in [6.07, 6.45) is 1.68. The molecule has 0 unspecified atom stereocenters. The number of carbonyl (C=O) groups excluding carboxylic acids is 2. The van der Waals surface area contributed by atoms with Crippen LogP contribution in [0.25, 0.3) is 0 Å². The zero-order chi connectivity index (χ0) is 13.8. The normalized spacial score (nSPS) is 13.2. The Morgan fingerprint density at radius 2 is 2.21 bits per heavy atom. The van der Waals surface area contributed by atoms with Crippen LogP contribution < -0.4 is 11.2 Å². The van der Waals surface area contributed by atoms with Gasteiger partial charge in [-0.1, -0.05) is 0 Å². The number of hydroxylamine groups is 1. The number of nitrogens with two attached hydrogens (primary N) is 1. The minimum absolute atomic E-state index is 0.117. The third-order valence-electron chi connectivity index (χ3n) is 2.63. The van der Waals surface area contributed by atoms with Crippen LogP contribution in [0.2, 0.25) is 0 Å². The minimum Gasteiger partial charge on any atom is -0.462 e. The van der Waals surface area contributed by atoms with Gasteiger partial charge in [0.15, 0.2) is 0 Å². The Balaban J connectivity index is 2.37. The SMILES string of the molecule is NC(=O)c1ccc(C(=O)NO)c(CC2=COCO2)c1. The molecule has 4 N–H and O–H groups in total. The molecule has 7 nitrogen and oxygen atoms in total. The van der Waals surface area contributed by atoms with Crippen molar-refractivity contribution in [2.24, 2.45) is 5.73 Å². The highest BCUT2D eigenvalue weighted by atomic mass is 16.7. The molecule has 7 heteroatoms. The number of amides is 2. The lowest BCUT2D eigenvalue weighted by atomic mass is 10.00. The lowest BCUT2D eigenvalue weighted by Gasteiger charge is -2.09. The van der Waals surface area contributed by atoms with Crippen LogP contribution in [0.1, 0.15) is 26.3 Å². The van der Waals surface area contributed by atoms with E-state index >= 15 is 0 Å². The Kier molecular flexibility index (Phi) is 3.67. The third kappa shape index (κ3) is 2.83. The Morgan fingerprint density at radius 1 is 1.42 bits per heavy atom. The standard InChI is InChI=1S/C12H12N2O5/c13-11(15)7-1-2-10(12(16)14-17)8(3-7)4-9-5-18-6-19-9/h1-3,5,17H,4,6H2,(H2,13,15)(H,14,16). The molecule has 100 valence electrons. The van der Waals surface area contributed by atoms with Crippen molar-refractivity contribution in [1.82, 2.24) is 5.48 Å². The molecule has 2 amide bonds. The molecular formula is C12H12N2O5. The number of rotatable bonds is 4. The van der Waals surface area contributed by atoms with E-state index in [1.807, 2.05) is 0 Å². The molecule has 0 aliphatic carbocycles. The van der Waals surface area contributed by atoms with Crippen molar-refractivity contribution in [1.29, 1.82) is 0 Å². The molecule has 2 rings (SSSR count). The highest BCUT2D eigenvalue weighted by Gasteiger charge is 2.16. The molecule has 0 radical (unpaired) electrons. The van der Waals surface area contributed by atoms with Gasteiger partial charge in [-0.2, -0.15) is 0 Å². The van der Waals surface area contributed by atoms with Crippen molar-refractivity contribution in [3.8, 4) is 0 Å². The maximum Gasteiger partial charge on any atom is 0.274 e. The maximum atomic E-state index is 11.5. The molecule has 1 aliphatic rings. The van der Waals surface area contributed by atoms with Gasteiger partial charge in [-0.3, -0.25) is 14.8 Å². The van der Waals surface area contributed by atoms with Crippen LogP contribution in [0.15, 0.2) is 30.2 Å². The van der Waals surface area contributed by atoms with Gasteiger partial charge in [-0.15, -0.1) is 0 Å². The zero-order valence-electron chi connectivity index (χ0n) is 9.88. The molecule has 19 heavy (non-hydrogen) atoms. The summed E-state index contributed by atoms with van der Waals surface area (Å²) in [7, 11) is 0. The Labute approximate surface area is 108 Å². The smallest absolute Gasteiger partial charge is 0.274 e. The molecule has 1 aromatic rings. The summed E-state index contributed by atoms with van der Waals surface area (Å²) in [5.41, 5.74) is 7.73. The van der Waals surface area contributed by atoms with Gasteiger partial charge in [0.1, 0.15) is 12.0 Å². The number of nitrogens with one attached hydrogen (secondary N) is 1. The Morgan fingerprint density at radius 3 is 2.79 bits per heavy atom. The summed E-state index contributed by atoms with van der Waals surface area (Å²) >= 11 is 0. The van der Waals surface area contributed by atoms with Gasteiger partial charge in [0, 0.05) is 17.5 Å². The molecule has 0 aromatic heterocycles. The highest BCUT2D eigenvalue weighted by molar-refractivity contribution is 5.98. The van der Waals surface area contributed by atoms with Crippen molar-refractivity contribution in [3.05, 3.63) is 46.9 Å². The molecule has 0 spiro atoms. The first-order valence-electron chi connectivity index (χ1n) is 5.42. The van der Waals surface area contributed by atoms with E-state index in [0.29, 0.717) is 11.3 Å². The fraction of sp³-hybridized carbons (Fsp3) is 0.167. The van der Waals surface area contributed by atoms with Crippen LogP contribution in [0, 0.1) is 0 Å². The van der Waals surface area contributed by atoms with Crippen molar-refractivity contribution >= 4 is 11.8 Å². The summed E-state index contributed by atoms with van der Waals surface area (Å²) in [6.45, 7) is 0.117. The molecule has 0 saturated carbocycles. The second kappa shape index (κ2) is 5.40. The van der Waals surface area contributed by atoms with Gasteiger partial charge in [0.25, 0.3) is 5.91 Å². The molecular weight excluding hydrogens is 252 g/mol. The quantitative estimate of drug-likeness (QED) is 0.534. The van der Waals surface area contributed by atoms with Gasteiger partial charge >= 0.3 is 0 Å². The number of benzene rings is 1. The lowest BCUT2D eigenvalue weighted by molar-refractivity contribution is 0.0703. The predicted octanol–water partition coefficient (Wildman–Crippen LogP) is 0.293. The molecule has 1 aliphatic heterocycles. The zero-order valence-corrected chi connectivity index (χ0v) is 9.88. The third-order valence-corrected chi connectivity index (χ3v) is 2.63. The summed E-state index contributed by atoms with van der Waals surface area (Å²) in [6, 6.07) is 4.31. The van der Waals surface area contributed by atoms with E-state index in [2.05, 4.69) is 0 Å². The maximum absolute atomic E-state index is 11.5. The number of hydrogen-bond acceptors (Lipinski definition) is 5. The molecule has 0 fully saturated rings.